The molecule has 1 unspecified atom stereocenters. The van der Waals surface area contributed by atoms with Gasteiger partial charge in [-0.3, -0.25) is 14.5 Å². The van der Waals surface area contributed by atoms with Crippen LogP contribution in [0.2, 0.25) is 0 Å². The van der Waals surface area contributed by atoms with Crippen molar-refractivity contribution in [2.75, 3.05) is 11.5 Å². The number of benzene rings is 1. The largest absolute Gasteiger partial charge is 0.481 e. The highest BCUT2D eigenvalue weighted by Gasteiger charge is 2.35. The number of ketones is 1. The Morgan fingerprint density at radius 3 is 2.53 bits per heavy atom. The minimum atomic E-state index is -0.992. The highest BCUT2D eigenvalue weighted by molar-refractivity contribution is 5.96. The molecule has 1 amide bonds. The summed E-state index contributed by atoms with van der Waals surface area (Å²) in [5.41, 5.74) is 1.06. The molecule has 1 aromatic rings. The molecule has 1 heterocycles. The number of carbonyl (C=O) groups excluding carboxylic acids is 2. The zero-order valence-electron chi connectivity index (χ0n) is 10.3. The number of cyclic esters (lactones) is 1. The van der Waals surface area contributed by atoms with Crippen LogP contribution in [0.25, 0.3) is 0 Å². The topological polar surface area (TPSA) is 83.9 Å². The number of Topliss-reactive ketones (excluding diaryl/α,β-unsaturated/α-hetero) is 1. The van der Waals surface area contributed by atoms with Crippen molar-refractivity contribution in [2.24, 2.45) is 0 Å². The van der Waals surface area contributed by atoms with Crippen LogP contribution in [0.15, 0.2) is 24.3 Å². The first kappa shape index (κ1) is 13.1. The zero-order valence-corrected chi connectivity index (χ0v) is 10.3. The van der Waals surface area contributed by atoms with Crippen LogP contribution in [0.4, 0.5) is 10.5 Å². The maximum Gasteiger partial charge on any atom is 0.414 e. The fourth-order valence-corrected chi connectivity index (χ4v) is 1.99. The molecule has 1 fully saturated rings. The Bertz CT molecular complexity index is 522. The molecule has 100 valence electrons. The van der Waals surface area contributed by atoms with E-state index < -0.39 is 18.1 Å². The van der Waals surface area contributed by atoms with Crippen molar-refractivity contribution in [3.8, 4) is 0 Å². The van der Waals surface area contributed by atoms with E-state index in [1.54, 1.807) is 24.3 Å². The van der Waals surface area contributed by atoms with Crippen LogP contribution >= 0.6 is 0 Å². The van der Waals surface area contributed by atoms with Crippen LogP contribution in [-0.2, 0) is 9.53 Å². The number of ether oxygens (including phenoxy) is 1. The lowest BCUT2D eigenvalue weighted by Crippen LogP contribution is -2.35. The van der Waals surface area contributed by atoms with E-state index >= 15 is 0 Å². The Morgan fingerprint density at radius 2 is 2.00 bits per heavy atom. The highest BCUT2D eigenvalue weighted by atomic mass is 16.6. The van der Waals surface area contributed by atoms with Gasteiger partial charge in [0.25, 0.3) is 0 Å². The second kappa shape index (κ2) is 5.09. The van der Waals surface area contributed by atoms with Crippen LogP contribution in [0, 0.1) is 0 Å². The average Bonchev–Trinajstić information content (AvgIpc) is 2.70. The molecule has 19 heavy (non-hydrogen) atoms. The summed E-state index contributed by atoms with van der Waals surface area (Å²) in [5, 5.41) is 8.80. The van der Waals surface area contributed by atoms with E-state index in [4.69, 9.17) is 9.84 Å². The van der Waals surface area contributed by atoms with Gasteiger partial charge in [-0.15, -0.1) is 0 Å². The number of aliphatic carboxylic acids is 1. The summed E-state index contributed by atoms with van der Waals surface area (Å²) >= 11 is 0. The molecule has 1 saturated heterocycles. The molecule has 0 saturated carbocycles. The predicted octanol–water partition coefficient (Wildman–Crippen LogP) is 1.69. The SMILES string of the molecule is CC(=O)c1ccc(N2C(=O)OCC2CC(=O)O)cc1. The van der Waals surface area contributed by atoms with Crippen LogP contribution in [0.5, 0.6) is 0 Å². The lowest BCUT2D eigenvalue weighted by molar-refractivity contribution is -0.137. The van der Waals surface area contributed by atoms with Gasteiger partial charge in [-0.05, 0) is 31.2 Å². The third-order valence-electron chi connectivity index (χ3n) is 2.92. The van der Waals surface area contributed by atoms with Crippen LogP contribution < -0.4 is 4.90 Å². The van der Waals surface area contributed by atoms with Gasteiger partial charge in [0, 0.05) is 11.3 Å². The lowest BCUT2D eigenvalue weighted by Gasteiger charge is -2.20. The van der Waals surface area contributed by atoms with Crippen molar-refractivity contribution in [3.05, 3.63) is 29.8 Å². The smallest absolute Gasteiger partial charge is 0.414 e. The summed E-state index contributed by atoms with van der Waals surface area (Å²) in [6, 6.07) is 5.89. The first-order chi connectivity index (χ1) is 8.99. The van der Waals surface area contributed by atoms with Gasteiger partial charge in [-0.2, -0.15) is 0 Å². The summed E-state index contributed by atoms with van der Waals surface area (Å²) in [5.74, 6) is -1.06. The number of hydrogen-bond acceptors (Lipinski definition) is 4. The van der Waals surface area contributed by atoms with E-state index in [1.165, 1.54) is 11.8 Å². The molecular formula is C13H13NO5. The van der Waals surface area contributed by atoms with E-state index in [-0.39, 0.29) is 18.8 Å². The number of carboxylic acid groups (broad SMARTS) is 1. The molecule has 1 aromatic carbocycles. The minimum Gasteiger partial charge on any atom is -0.481 e. The fourth-order valence-electron chi connectivity index (χ4n) is 1.99. The number of rotatable bonds is 4. The van der Waals surface area contributed by atoms with E-state index in [0.29, 0.717) is 11.3 Å². The number of anilines is 1. The normalized spacial score (nSPS) is 18.3. The van der Waals surface area contributed by atoms with E-state index in [9.17, 15) is 14.4 Å². The third-order valence-corrected chi connectivity index (χ3v) is 2.92. The molecule has 0 bridgehead atoms. The minimum absolute atomic E-state index is 0.0552. The standard InChI is InChI=1S/C13H13NO5/c1-8(15)9-2-4-10(5-3-9)14-11(6-12(16)17)7-19-13(14)18/h2-5,11H,6-7H2,1H3,(H,16,17). The molecule has 1 atom stereocenters. The molecule has 0 aliphatic carbocycles. The van der Waals surface area contributed by atoms with Crippen molar-refractivity contribution in [1.82, 2.24) is 0 Å². The molecular weight excluding hydrogens is 250 g/mol. The maximum absolute atomic E-state index is 11.6. The number of nitrogens with zero attached hydrogens (tertiary/aromatic N) is 1. The average molecular weight is 263 g/mol. The third kappa shape index (κ3) is 2.73. The van der Waals surface area contributed by atoms with E-state index in [1.807, 2.05) is 0 Å². The molecule has 1 aliphatic rings. The first-order valence-corrected chi connectivity index (χ1v) is 5.78. The van der Waals surface area contributed by atoms with E-state index in [0.717, 1.165) is 0 Å². The van der Waals surface area contributed by atoms with Crippen molar-refractivity contribution >= 4 is 23.5 Å². The summed E-state index contributed by atoms with van der Waals surface area (Å²) in [4.78, 5) is 34.8. The van der Waals surface area contributed by atoms with Crippen molar-refractivity contribution in [3.63, 3.8) is 0 Å². The van der Waals surface area contributed by atoms with Gasteiger partial charge in [0.05, 0.1) is 12.5 Å². The van der Waals surface area contributed by atoms with Crippen molar-refractivity contribution < 1.29 is 24.2 Å². The molecule has 0 spiro atoms. The second-order valence-electron chi connectivity index (χ2n) is 4.30. The summed E-state index contributed by atoms with van der Waals surface area (Å²) < 4.78 is 4.87. The van der Waals surface area contributed by atoms with Gasteiger partial charge in [-0.25, -0.2) is 4.79 Å². The lowest BCUT2D eigenvalue weighted by atomic mass is 10.1. The van der Waals surface area contributed by atoms with Gasteiger partial charge in [-0.1, -0.05) is 0 Å². The fraction of sp³-hybridized carbons (Fsp3) is 0.308. The Hall–Kier alpha value is -2.37. The first-order valence-electron chi connectivity index (χ1n) is 5.78. The monoisotopic (exact) mass is 263 g/mol. The molecule has 2 rings (SSSR count). The van der Waals surface area contributed by atoms with Gasteiger partial charge >= 0.3 is 12.1 Å². The summed E-state index contributed by atoms with van der Waals surface area (Å²) in [7, 11) is 0. The van der Waals surface area contributed by atoms with Gasteiger partial charge in [0.1, 0.15) is 6.61 Å². The molecule has 6 heteroatoms. The zero-order chi connectivity index (χ0) is 14.0. The van der Waals surface area contributed by atoms with Gasteiger partial charge < -0.3 is 9.84 Å². The van der Waals surface area contributed by atoms with Crippen LogP contribution in [0.1, 0.15) is 23.7 Å². The number of carboxylic acids is 1. The molecule has 1 aliphatic heterocycles. The van der Waals surface area contributed by atoms with Crippen molar-refractivity contribution in [2.45, 2.75) is 19.4 Å². The van der Waals surface area contributed by atoms with E-state index in [2.05, 4.69) is 0 Å². The van der Waals surface area contributed by atoms with Gasteiger partial charge in [0.15, 0.2) is 5.78 Å². The van der Waals surface area contributed by atoms with Gasteiger partial charge in [0.2, 0.25) is 0 Å². The Balaban J connectivity index is 2.24. The predicted molar refractivity (Wildman–Crippen MR) is 66.3 cm³/mol. The Kier molecular flexibility index (Phi) is 3.50. The maximum atomic E-state index is 11.6. The van der Waals surface area contributed by atoms with Crippen LogP contribution in [-0.4, -0.2) is 35.6 Å². The van der Waals surface area contributed by atoms with Crippen molar-refractivity contribution in [1.29, 1.82) is 0 Å². The number of amides is 1. The molecule has 1 N–H and O–H groups in total. The molecule has 6 nitrogen and oxygen atoms in total. The van der Waals surface area contributed by atoms with Crippen LogP contribution in [0.3, 0.4) is 0 Å². The molecule has 0 radical (unpaired) electrons. The Labute approximate surface area is 109 Å². The second-order valence-corrected chi connectivity index (χ2v) is 4.30. The quantitative estimate of drug-likeness (QED) is 0.835. The Morgan fingerprint density at radius 1 is 1.37 bits per heavy atom. The number of hydrogen-bond donors (Lipinski definition) is 1. The highest BCUT2D eigenvalue weighted by Crippen LogP contribution is 2.25. The summed E-state index contributed by atoms with van der Waals surface area (Å²) in [6.45, 7) is 1.51. The number of carbonyl (C=O) groups is 3. The molecule has 0 aromatic heterocycles. The summed E-state index contributed by atoms with van der Waals surface area (Å²) in [6.07, 6.45) is -0.748.